The Morgan fingerprint density at radius 1 is 1.39 bits per heavy atom. The quantitative estimate of drug-likeness (QED) is 0.736. The van der Waals surface area contributed by atoms with Crippen molar-refractivity contribution in [1.82, 2.24) is 20.1 Å². The molecule has 1 fully saturated rings. The van der Waals surface area contributed by atoms with Gasteiger partial charge in [-0.3, -0.25) is 0 Å². The number of nitrogens with one attached hydrogen (secondary N) is 1. The normalized spacial score (nSPS) is 19.6. The van der Waals surface area contributed by atoms with Crippen LogP contribution in [0.3, 0.4) is 0 Å². The Balaban J connectivity index is 1.73. The average molecular weight is 252 g/mol. The van der Waals surface area contributed by atoms with Gasteiger partial charge in [0.2, 0.25) is 0 Å². The lowest BCUT2D eigenvalue weighted by Gasteiger charge is -2.09. The van der Waals surface area contributed by atoms with Gasteiger partial charge in [-0.15, -0.1) is 0 Å². The number of hydrogen-bond donors (Lipinski definition) is 1. The van der Waals surface area contributed by atoms with Gasteiger partial charge in [0.25, 0.3) is 0 Å². The minimum atomic E-state index is 0.692. The Kier molecular flexibility index (Phi) is 5.13. The molecule has 102 valence electrons. The highest BCUT2D eigenvalue weighted by molar-refractivity contribution is 4.92. The van der Waals surface area contributed by atoms with Crippen LogP contribution in [0.15, 0.2) is 0 Å². The van der Waals surface area contributed by atoms with Crippen molar-refractivity contribution in [3.63, 3.8) is 0 Å². The van der Waals surface area contributed by atoms with E-state index in [2.05, 4.69) is 29.2 Å². The minimum absolute atomic E-state index is 0.692. The van der Waals surface area contributed by atoms with E-state index in [4.69, 9.17) is 4.74 Å². The van der Waals surface area contributed by atoms with Crippen molar-refractivity contribution in [2.24, 2.45) is 5.92 Å². The fourth-order valence-corrected chi connectivity index (χ4v) is 2.25. The molecule has 1 aromatic heterocycles. The highest BCUT2D eigenvalue weighted by Crippen LogP contribution is 2.10. The van der Waals surface area contributed by atoms with E-state index >= 15 is 0 Å². The number of aromatic nitrogens is 3. The van der Waals surface area contributed by atoms with Crippen molar-refractivity contribution in [2.45, 2.75) is 39.7 Å². The molecule has 18 heavy (non-hydrogen) atoms. The number of rotatable bonds is 7. The third-order valence-electron chi connectivity index (χ3n) is 3.38. The first-order valence-electron chi connectivity index (χ1n) is 7.04. The van der Waals surface area contributed by atoms with Gasteiger partial charge in [0.05, 0.1) is 13.2 Å². The maximum absolute atomic E-state index is 5.36. The van der Waals surface area contributed by atoms with Gasteiger partial charge in [0, 0.05) is 32.5 Å². The summed E-state index contributed by atoms with van der Waals surface area (Å²) in [6.07, 6.45) is 3.05. The summed E-state index contributed by atoms with van der Waals surface area (Å²) in [6.45, 7) is 8.98. The molecule has 1 aliphatic heterocycles. The maximum atomic E-state index is 5.36. The highest BCUT2D eigenvalue weighted by Gasteiger charge is 2.14. The molecule has 0 spiro atoms. The fraction of sp³-hybridized carbons (Fsp3) is 0.846. The van der Waals surface area contributed by atoms with Crippen LogP contribution >= 0.6 is 0 Å². The lowest BCUT2D eigenvalue weighted by Crippen LogP contribution is -2.27. The van der Waals surface area contributed by atoms with Gasteiger partial charge >= 0.3 is 0 Å². The third kappa shape index (κ3) is 3.53. The molecule has 1 aromatic rings. The molecule has 5 nitrogen and oxygen atoms in total. The van der Waals surface area contributed by atoms with E-state index < -0.39 is 0 Å². The standard InChI is InChI=1S/C13H24N4O/c1-3-12-15-13(4-2)17(16-12)7-6-14-9-11-5-8-18-10-11/h11,14H,3-10H2,1-2H3. The Bertz CT molecular complexity index is 358. The molecule has 5 heteroatoms. The molecule has 0 aromatic carbocycles. The highest BCUT2D eigenvalue weighted by atomic mass is 16.5. The molecule has 1 aliphatic rings. The summed E-state index contributed by atoms with van der Waals surface area (Å²) < 4.78 is 7.40. The van der Waals surface area contributed by atoms with Crippen molar-refractivity contribution >= 4 is 0 Å². The van der Waals surface area contributed by atoms with Crippen LogP contribution in [0.4, 0.5) is 0 Å². The molecule has 0 bridgehead atoms. The Morgan fingerprint density at radius 2 is 2.28 bits per heavy atom. The summed E-state index contributed by atoms with van der Waals surface area (Å²) in [6, 6.07) is 0. The van der Waals surface area contributed by atoms with Crippen LogP contribution in [-0.2, 0) is 24.1 Å². The molecule has 1 N–H and O–H groups in total. The monoisotopic (exact) mass is 252 g/mol. The van der Waals surface area contributed by atoms with Crippen LogP contribution in [0.1, 0.15) is 31.9 Å². The predicted octanol–water partition coefficient (Wildman–Crippen LogP) is 1.03. The molecule has 1 saturated heterocycles. The van der Waals surface area contributed by atoms with Gasteiger partial charge in [-0.1, -0.05) is 13.8 Å². The molecule has 0 aliphatic carbocycles. The molecule has 0 amide bonds. The first-order chi connectivity index (χ1) is 8.83. The van der Waals surface area contributed by atoms with Crippen molar-refractivity contribution in [2.75, 3.05) is 26.3 Å². The second-order valence-electron chi connectivity index (χ2n) is 4.81. The summed E-state index contributed by atoms with van der Waals surface area (Å²) in [5, 5.41) is 8.00. The SMILES string of the molecule is CCc1nc(CC)n(CCNCC2CCOC2)n1. The fourth-order valence-electron chi connectivity index (χ4n) is 2.25. The van der Waals surface area contributed by atoms with Gasteiger partial charge in [-0.05, 0) is 12.3 Å². The number of aryl methyl sites for hydroxylation is 2. The molecule has 0 saturated carbocycles. The molecule has 1 atom stereocenters. The van der Waals surface area contributed by atoms with Crippen LogP contribution in [0.5, 0.6) is 0 Å². The molecule has 2 heterocycles. The first-order valence-corrected chi connectivity index (χ1v) is 7.04. The Hall–Kier alpha value is -0.940. The minimum Gasteiger partial charge on any atom is -0.381 e. The van der Waals surface area contributed by atoms with Gasteiger partial charge < -0.3 is 10.1 Å². The zero-order valence-corrected chi connectivity index (χ0v) is 11.5. The zero-order valence-electron chi connectivity index (χ0n) is 11.5. The van der Waals surface area contributed by atoms with E-state index in [1.165, 1.54) is 6.42 Å². The summed E-state index contributed by atoms with van der Waals surface area (Å²) >= 11 is 0. The number of nitrogens with zero attached hydrogens (tertiary/aromatic N) is 3. The van der Waals surface area contributed by atoms with Crippen molar-refractivity contribution in [3.8, 4) is 0 Å². The van der Waals surface area contributed by atoms with Crippen LogP contribution < -0.4 is 5.32 Å². The lowest BCUT2D eigenvalue weighted by molar-refractivity contribution is 0.185. The third-order valence-corrected chi connectivity index (χ3v) is 3.38. The molecule has 0 radical (unpaired) electrons. The van der Waals surface area contributed by atoms with E-state index in [1.807, 2.05) is 4.68 Å². The van der Waals surface area contributed by atoms with Crippen molar-refractivity contribution in [1.29, 1.82) is 0 Å². The van der Waals surface area contributed by atoms with E-state index in [1.54, 1.807) is 0 Å². The topological polar surface area (TPSA) is 52.0 Å². The van der Waals surface area contributed by atoms with E-state index in [0.29, 0.717) is 5.92 Å². The molecule has 2 rings (SSSR count). The predicted molar refractivity (Wildman–Crippen MR) is 70.6 cm³/mol. The van der Waals surface area contributed by atoms with Crippen LogP contribution in [0, 0.1) is 5.92 Å². The number of ether oxygens (including phenoxy) is 1. The van der Waals surface area contributed by atoms with Crippen molar-refractivity contribution in [3.05, 3.63) is 11.6 Å². The van der Waals surface area contributed by atoms with Crippen LogP contribution in [0.25, 0.3) is 0 Å². The zero-order chi connectivity index (χ0) is 12.8. The van der Waals surface area contributed by atoms with Crippen LogP contribution in [0.2, 0.25) is 0 Å². The summed E-state index contributed by atoms with van der Waals surface area (Å²) in [5.41, 5.74) is 0. The van der Waals surface area contributed by atoms with Gasteiger partial charge in [0.15, 0.2) is 5.82 Å². The molecule has 1 unspecified atom stereocenters. The summed E-state index contributed by atoms with van der Waals surface area (Å²) in [4.78, 5) is 4.51. The maximum Gasteiger partial charge on any atom is 0.150 e. The Morgan fingerprint density at radius 3 is 2.94 bits per heavy atom. The van der Waals surface area contributed by atoms with Crippen LogP contribution in [-0.4, -0.2) is 41.1 Å². The summed E-state index contributed by atoms with van der Waals surface area (Å²) in [7, 11) is 0. The van der Waals surface area contributed by atoms with E-state index in [0.717, 1.165) is 57.3 Å². The lowest BCUT2D eigenvalue weighted by atomic mass is 10.1. The smallest absolute Gasteiger partial charge is 0.150 e. The van der Waals surface area contributed by atoms with Gasteiger partial charge in [-0.25, -0.2) is 9.67 Å². The largest absolute Gasteiger partial charge is 0.381 e. The Labute approximate surface area is 109 Å². The average Bonchev–Trinajstić information content (AvgIpc) is 3.03. The number of hydrogen-bond acceptors (Lipinski definition) is 4. The van der Waals surface area contributed by atoms with Crippen molar-refractivity contribution < 1.29 is 4.74 Å². The second kappa shape index (κ2) is 6.85. The van der Waals surface area contributed by atoms with E-state index in [-0.39, 0.29) is 0 Å². The molecular formula is C13H24N4O. The van der Waals surface area contributed by atoms with E-state index in [9.17, 15) is 0 Å². The first kappa shape index (κ1) is 13.5. The summed E-state index contributed by atoms with van der Waals surface area (Å²) in [5.74, 6) is 2.74. The van der Waals surface area contributed by atoms with Gasteiger partial charge in [0.1, 0.15) is 5.82 Å². The second-order valence-corrected chi connectivity index (χ2v) is 4.81. The van der Waals surface area contributed by atoms with Gasteiger partial charge in [-0.2, -0.15) is 5.10 Å². The molecular weight excluding hydrogens is 228 g/mol.